The number of benzene rings is 1. The smallest absolute Gasteiger partial charge is 0.229 e. The van der Waals surface area contributed by atoms with Gasteiger partial charge in [-0.3, -0.25) is 0 Å². The van der Waals surface area contributed by atoms with Crippen molar-refractivity contribution in [2.24, 2.45) is 5.73 Å². The van der Waals surface area contributed by atoms with Crippen LogP contribution in [0.3, 0.4) is 0 Å². The largest absolute Gasteiger partial charge is 0.472 e. The molecule has 0 fully saturated rings. The Labute approximate surface area is 144 Å². The highest BCUT2D eigenvalue weighted by Crippen LogP contribution is 2.44. The molecule has 6 nitrogen and oxygen atoms in total. The van der Waals surface area contributed by atoms with Gasteiger partial charge >= 0.3 is 0 Å². The lowest BCUT2D eigenvalue weighted by Crippen LogP contribution is -2.21. The van der Waals surface area contributed by atoms with Crippen molar-refractivity contribution in [3.8, 4) is 17.6 Å². The van der Waals surface area contributed by atoms with Crippen LogP contribution in [0.1, 0.15) is 28.3 Å². The Morgan fingerprint density at radius 3 is 2.60 bits per heavy atom. The number of nitriles is 1. The SMILES string of the molecule is Cc1ccc(-n2nc(C)c3c2OC(N)=C(C#N)[C@@H]3c2ccoc2)cc1. The summed E-state index contributed by atoms with van der Waals surface area (Å²) in [5, 5.41) is 14.2. The van der Waals surface area contributed by atoms with Crippen LogP contribution < -0.4 is 10.5 Å². The number of allylic oxidation sites excluding steroid dienone is 1. The van der Waals surface area contributed by atoms with Crippen molar-refractivity contribution in [1.29, 1.82) is 5.26 Å². The molecule has 1 atom stereocenters. The molecule has 0 saturated carbocycles. The third-order valence-electron chi connectivity index (χ3n) is 4.39. The van der Waals surface area contributed by atoms with Crippen LogP contribution in [0.5, 0.6) is 5.88 Å². The summed E-state index contributed by atoms with van der Waals surface area (Å²) in [6.45, 7) is 3.93. The van der Waals surface area contributed by atoms with Gasteiger partial charge in [-0.2, -0.15) is 10.4 Å². The molecular formula is C19H16N4O2. The van der Waals surface area contributed by atoms with Crippen molar-refractivity contribution in [2.45, 2.75) is 19.8 Å². The highest BCUT2D eigenvalue weighted by atomic mass is 16.5. The third-order valence-corrected chi connectivity index (χ3v) is 4.39. The lowest BCUT2D eigenvalue weighted by atomic mass is 9.85. The topological polar surface area (TPSA) is 90.0 Å². The second-order valence-corrected chi connectivity index (χ2v) is 6.03. The van der Waals surface area contributed by atoms with Crippen molar-refractivity contribution in [3.63, 3.8) is 0 Å². The van der Waals surface area contributed by atoms with Gasteiger partial charge in [-0.05, 0) is 32.0 Å². The Hall–Kier alpha value is -3.46. The fourth-order valence-electron chi connectivity index (χ4n) is 3.15. The summed E-state index contributed by atoms with van der Waals surface area (Å²) in [5.74, 6) is 0.269. The van der Waals surface area contributed by atoms with Crippen molar-refractivity contribution in [2.75, 3.05) is 0 Å². The Bertz CT molecular complexity index is 1010. The van der Waals surface area contributed by atoms with E-state index in [9.17, 15) is 5.26 Å². The zero-order chi connectivity index (χ0) is 17.6. The van der Waals surface area contributed by atoms with Crippen LogP contribution in [-0.2, 0) is 0 Å². The maximum absolute atomic E-state index is 9.58. The molecule has 1 aromatic carbocycles. The average molecular weight is 332 g/mol. The molecule has 124 valence electrons. The van der Waals surface area contributed by atoms with E-state index in [-0.39, 0.29) is 11.8 Å². The molecule has 0 spiro atoms. The number of hydrogen-bond donors (Lipinski definition) is 1. The van der Waals surface area contributed by atoms with E-state index in [0.717, 1.165) is 28.1 Å². The van der Waals surface area contributed by atoms with Crippen molar-refractivity contribution in [3.05, 3.63) is 76.7 Å². The van der Waals surface area contributed by atoms with Gasteiger partial charge in [0.05, 0.1) is 35.4 Å². The monoisotopic (exact) mass is 332 g/mol. The van der Waals surface area contributed by atoms with Crippen molar-refractivity contribution < 1.29 is 9.15 Å². The average Bonchev–Trinajstić information content (AvgIpc) is 3.23. The van der Waals surface area contributed by atoms with Crippen LogP contribution in [0, 0.1) is 25.2 Å². The number of nitrogens with zero attached hydrogens (tertiary/aromatic N) is 3. The molecule has 0 unspecified atom stereocenters. The Balaban J connectivity index is 1.94. The Morgan fingerprint density at radius 2 is 1.96 bits per heavy atom. The minimum absolute atomic E-state index is 0.0921. The standard InChI is InChI=1S/C19H16N4O2/c1-11-3-5-14(6-4-11)23-19-16(12(2)22-23)17(13-7-8-24-10-13)15(9-20)18(21)25-19/h3-8,10,17H,21H2,1-2H3/t17-/m0/s1. The number of furan rings is 1. The normalized spacial score (nSPS) is 16.3. The molecule has 3 aromatic rings. The summed E-state index contributed by atoms with van der Waals surface area (Å²) in [6.07, 6.45) is 3.20. The predicted molar refractivity (Wildman–Crippen MR) is 91.0 cm³/mol. The van der Waals surface area contributed by atoms with E-state index in [1.165, 1.54) is 0 Å². The lowest BCUT2D eigenvalue weighted by Gasteiger charge is -2.23. The number of fused-ring (bicyclic) bond motifs is 1. The second kappa shape index (κ2) is 5.56. The second-order valence-electron chi connectivity index (χ2n) is 6.03. The van der Waals surface area contributed by atoms with Crippen LogP contribution in [0.15, 0.2) is 58.7 Å². The number of hydrogen-bond acceptors (Lipinski definition) is 5. The van der Waals surface area contributed by atoms with Gasteiger partial charge in [0.2, 0.25) is 11.8 Å². The van der Waals surface area contributed by atoms with E-state index in [4.69, 9.17) is 14.9 Å². The van der Waals surface area contributed by atoms with Gasteiger partial charge in [0.25, 0.3) is 0 Å². The molecule has 1 aliphatic rings. The van der Waals surface area contributed by atoms with Gasteiger partial charge in [-0.15, -0.1) is 0 Å². The van der Waals surface area contributed by atoms with Gasteiger partial charge in [0, 0.05) is 5.56 Å². The molecule has 6 heteroatoms. The summed E-state index contributed by atoms with van der Waals surface area (Å²) in [4.78, 5) is 0. The van der Waals surface area contributed by atoms with E-state index in [2.05, 4.69) is 11.2 Å². The molecule has 0 amide bonds. The number of ether oxygens (including phenoxy) is 1. The van der Waals surface area contributed by atoms with Crippen molar-refractivity contribution in [1.82, 2.24) is 9.78 Å². The molecule has 0 saturated heterocycles. The van der Waals surface area contributed by atoms with Crippen LogP contribution >= 0.6 is 0 Å². The zero-order valence-electron chi connectivity index (χ0n) is 13.9. The number of aryl methyl sites for hydroxylation is 2. The van der Waals surface area contributed by atoms with Gasteiger partial charge in [-0.1, -0.05) is 17.7 Å². The fraction of sp³-hybridized carbons (Fsp3) is 0.158. The highest BCUT2D eigenvalue weighted by Gasteiger charge is 2.36. The molecular weight excluding hydrogens is 316 g/mol. The quantitative estimate of drug-likeness (QED) is 0.777. The first-order chi connectivity index (χ1) is 12.1. The molecule has 0 bridgehead atoms. The summed E-state index contributed by atoms with van der Waals surface area (Å²) in [5.41, 5.74) is 10.9. The minimum atomic E-state index is -0.355. The van der Waals surface area contributed by atoms with Crippen LogP contribution in [0.4, 0.5) is 0 Å². The first-order valence-electron chi connectivity index (χ1n) is 7.86. The first-order valence-corrected chi connectivity index (χ1v) is 7.86. The van der Waals surface area contributed by atoms with E-state index < -0.39 is 0 Å². The fourth-order valence-corrected chi connectivity index (χ4v) is 3.15. The lowest BCUT2D eigenvalue weighted by molar-refractivity contribution is 0.367. The van der Waals surface area contributed by atoms with Crippen LogP contribution in [-0.4, -0.2) is 9.78 Å². The molecule has 4 rings (SSSR count). The Morgan fingerprint density at radius 1 is 1.20 bits per heavy atom. The van der Waals surface area contributed by atoms with E-state index in [1.54, 1.807) is 17.2 Å². The third kappa shape index (κ3) is 2.29. The van der Waals surface area contributed by atoms with Crippen LogP contribution in [0.25, 0.3) is 5.69 Å². The predicted octanol–water partition coefficient (Wildman–Crippen LogP) is 3.30. The highest BCUT2D eigenvalue weighted by molar-refractivity contribution is 5.56. The summed E-state index contributed by atoms with van der Waals surface area (Å²) < 4.78 is 12.7. The van der Waals surface area contributed by atoms with E-state index in [0.29, 0.717) is 11.5 Å². The minimum Gasteiger partial charge on any atom is -0.472 e. The van der Waals surface area contributed by atoms with Gasteiger partial charge in [0.15, 0.2) is 0 Å². The van der Waals surface area contributed by atoms with Crippen molar-refractivity contribution >= 4 is 0 Å². The molecule has 25 heavy (non-hydrogen) atoms. The maximum atomic E-state index is 9.58. The molecule has 2 N–H and O–H groups in total. The van der Waals surface area contributed by atoms with E-state index >= 15 is 0 Å². The Kier molecular flexibility index (Phi) is 3.36. The van der Waals surface area contributed by atoms with Gasteiger partial charge in [-0.25, -0.2) is 4.68 Å². The number of nitrogens with two attached hydrogens (primary N) is 1. The molecule has 1 aliphatic heterocycles. The summed E-state index contributed by atoms with van der Waals surface area (Å²) in [6, 6.07) is 12.0. The van der Waals surface area contributed by atoms with E-state index in [1.807, 2.05) is 44.2 Å². The molecule has 3 heterocycles. The number of rotatable bonds is 2. The summed E-state index contributed by atoms with van der Waals surface area (Å²) in [7, 11) is 0. The van der Waals surface area contributed by atoms with Gasteiger partial charge in [0.1, 0.15) is 11.6 Å². The molecule has 0 aliphatic carbocycles. The van der Waals surface area contributed by atoms with Gasteiger partial charge < -0.3 is 14.9 Å². The zero-order valence-corrected chi connectivity index (χ0v) is 13.9. The number of aromatic nitrogens is 2. The maximum Gasteiger partial charge on any atom is 0.229 e. The van der Waals surface area contributed by atoms with Crippen LogP contribution in [0.2, 0.25) is 0 Å². The summed E-state index contributed by atoms with van der Waals surface area (Å²) >= 11 is 0. The molecule has 0 radical (unpaired) electrons. The molecule has 2 aromatic heterocycles. The first kappa shape index (κ1) is 15.1.